The highest BCUT2D eigenvalue weighted by molar-refractivity contribution is 14.1. The average Bonchev–Trinajstić information content (AvgIpc) is 2.59. The van der Waals surface area contributed by atoms with Crippen molar-refractivity contribution in [3.63, 3.8) is 0 Å². The van der Waals surface area contributed by atoms with Crippen molar-refractivity contribution in [2.75, 3.05) is 7.11 Å². The summed E-state index contributed by atoms with van der Waals surface area (Å²) in [5.41, 5.74) is 3.06. The molecule has 0 amide bonds. The van der Waals surface area contributed by atoms with Crippen molar-refractivity contribution in [2.45, 2.75) is 6.42 Å². The number of benzene rings is 1. The van der Waals surface area contributed by atoms with E-state index in [4.69, 9.17) is 0 Å². The third-order valence-corrected chi connectivity index (χ3v) is 3.31. The molecule has 1 aromatic rings. The molecule has 0 saturated carbocycles. The highest BCUT2D eigenvalue weighted by Crippen LogP contribution is 2.32. The number of carbonyl (C=O) groups is 1. The summed E-state index contributed by atoms with van der Waals surface area (Å²) in [5, 5.41) is 0. The third-order valence-electron chi connectivity index (χ3n) is 2.29. The first-order valence-corrected chi connectivity index (χ1v) is 5.37. The Kier molecular flexibility index (Phi) is 2.58. The molecule has 0 saturated heterocycles. The number of hydrogen-bond acceptors (Lipinski definition) is 2. The van der Waals surface area contributed by atoms with Crippen molar-refractivity contribution in [1.29, 1.82) is 0 Å². The lowest BCUT2D eigenvalue weighted by Gasteiger charge is -2.03. The lowest BCUT2D eigenvalue weighted by molar-refractivity contribution is 0.0600. The van der Waals surface area contributed by atoms with Gasteiger partial charge in [0.25, 0.3) is 0 Å². The van der Waals surface area contributed by atoms with E-state index in [-0.39, 0.29) is 5.97 Å². The topological polar surface area (TPSA) is 26.3 Å². The molecule has 2 nitrogen and oxygen atoms in total. The number of methoxy groups -OCH3 is 1. The fourth-order valence-electron chi connectivity index (χ4n) is 1.53. The number of esters is 1. The largest absolute Gasteiger partial charge is 0.465 e. The predicted molar refractivity (Wildman–Crippen MR) is 63.5 cm³/mol. The molecule has 0 spiro atoms. The molecule has 0 aromatic heterocycles. The first kappa shape index (κ1) is 9.71. The smallest absolute Gasteiger partial charge is 0.337 e. The summed E-state index contributed by atoms with van der Waals surface area (Å²) < 4.78 is 5.88. The lowest BCUT2D eigenvalue weighted by Crippen LogP contribution is -2.01. The second-order valence-electron chi connectivity index (χ2n) is 3.12. The summed E-state index contributed by atoms with van der Waals surface area (Å²) in [7, 11) is 1.40. The summed E-state index contributed by atoms with van der Waals surface area (Å²) >= 11 is 2.28. The summed E-state index contributed by atoms with van der Waals surface area (Å²) in [6, 6.07) is 5.70. The van der Waals surface area contributed by atoms with Crippen molar-refractivity contribution >= 4 is 32.1 Å². The van der Waals surface area contributed by atoms with E-state index in [2.05, 4.69) is 33.4 Å². The van der Waals surface area contributed by atoms with Crippen LogP contribution in [0.2, 0.25) is 0 Å². The van der Waals surface area contributed by atoms with E-state index in [1.165, 1.54) is 16.3 Å². The summed E-state index contributed by atoms with van der Waals surface area (Å²) in [5.74, 6) is -0.274. The van der Waals surface area contributed by atoms with Gasteiger partial charge in [0.15, 0.2) is 0 Å². The van der Waals surface area contributed by atoms with Gasteiger partial charge in [0.2, 0.25) is 0 Å². The zero-order valence-corrected chi connectivity index (χ0v) is 9.87. The monoisotopic (exact) mass is 300 g/mol. The van der Waals surface area contributed by atoms with E-state index in [9.17, 15) is 4.79 Å². The summed E-state index contributed by atoms with van der Waals surface area (Å²) in [6.07, 6.45) is 3.13. The third kappa shape index (κ3) is 1.56. The standard InChI is InChI=1S/C11H9IO2/c1-14-11(13)8-3-2-7-4-5-10(12)9(7)6-8/h2-3,5-6H,4H2,1H3. The maximum atomic E-state index is 11.3. The highest BCUT2D eigenvalue weighted by atomic mass is 127. The van der Waals surface area contributed by atoms with E-state index in [0.29, 0.717) is 5.56 Å². The second kappa shape index (κ2) is 3.73. The van der Waals surface area contributed by atoms with Crippen LogP contribution in [0.5, 0.6) is 0 Å². The average molecular weight is 300 g/mol. The minimum Gasteiger partial charge on any atom is -0.465 e. The van der Waals surface area contributed by atoms with Crippen LogP contribution in [0, 0.1) is 0 Å². The van der Waals surface area contributed by atoms with Crippen LogP contribution in [0.1, 0.15) is 21.5 Å². The van der Waals surface area contributed by atoms with Crippen molar-refractivity contribution in [1.82, 2.24) is 0 Å². The maximum absolute atomic E-state index is 11.3. The van der Waals surface area contributed by atoms with E-state index < -0.39 is 0 Å². The van der Waals surface area contributed by atoms with Gasteiger partial charge in [-0.15, -0.1) is 0 Å². The van der Waals surface area contributed by atoms with E-state index in [1.54, 1.807) is 0 Å². The Balaban J connectivity index is 2.44. The van der Waals surface area contributed by atoms with Crippen molar-refractivity contribution in [3.8, 4) is 0 Å². The Bertz CT molecular complexity index is 421. The SMILES string of the molecule is COC(=O)c1ccc2c(c1)C(I)=CC2. The van der Waals surface area contributed by atoms with Crippen molar-refractivity contribution in [2.24, 2.45) is 0 Å². The molecule has 0 aliphatic heterocycles. The van der Waals surface area contributed by atoms with Gasteiger partial charge >= 0.3 is 5.97 Å². The molecule has 0 bridgehead atoms. The fourth-order valence-corrected chi connectivity index (χ4v) is 2.25. The van der Waals surface area contributed by atoms with Crippen molar-refractivity contribution in [3.05, 3.63) is 41.0 Å². The Morgan fingerprint density at radius 1 is 1.50 bits per heavy atom. The first-order valence-electron chi connectivity index (χ1n) is 4.29. The zero-order valence-electron chi connectivity index (χ0n) is 7.71. The minimum absolute atomic E-state index is 0.274. The van der Waals surface area contributed by atoms with Gasteiger partial charge in [0.05, 0.1) is 12.7 Å². The molecule has 0 unspecified atom stereocenters. The van der Waals surface area contributed by atoms with Gasteiger partial charge in [0, 0.05) is 3.58 Å². The molecule has 72 valence electrons. The molecule has 0 N–H and O–H groups in total. The maximum Gasteiger partial charge on any atom is 0.337 e. The predicted octanol–water partition coefficient (Wildman–Crippen LogP) is 2.81. The van der Waals surface area contributed by atoms with Crippen LogP contribution < -0.4 is 0 Å². The molecule has 0 radical (unpaired) electrons. The molecule has 2 rings (SSSR count). The number of halogens is 1. The van der Waals surface area contributed by atoms with Crippen LogP contribution in [-0.4, -0.2) is 13.1 Å². The molecule has 0 fully saturated rings. The van der Waals surface area contributed by atoms with E-state index >= 15 is 0 Å². The number of hydrogen-bond donors (Lipinski definition) is 0. The van der Waals surface area contributed by atoms with Crippen LogP contribution in [0.3, 0.4) is 0 Å². The highest BCUT2D eigenvalue weighted by Gasteiger charge is 2.14. The zero-order chi connectivity index (χ0) is 10.1. The van der Waals surface area contributed by atoms with E-state index in [0.717, 1.165) is 12.0 Å². The Morgan fingerprint density at radius 2 is 2.29 bits per heavy atom. The van der Waals surface area contributed by atoms with E-state index in [1.807, 2.05) is 18.2 Å². The normalized spacial score (nSPS) is 13.4. The van der Waals surface area contributed by atoms with Gasteiger partial charge in [-0.25, -0.2) is 4.79 Å². The lowest BCUT2D eigenvalue weighted by atomic mass is 10.1. The molecule has 14 heavy (non-hydrogen) atoms. The summed E-state index contributed by atoms with van der Waals surface area (Å²) in [6.45, 7) is 0. The number of rotatable bonds is 1. The number of allylic oxidation sites excluding steroid dienone is 1. The number of fused-ring (bicyclic) bond motifs is 1. The summed E-state index contributed by atoms with van der Waals surface area (Å²) in [4.78, 5) is 11.3. The van der Waals surface area contributed by atoms with Crippen LogP contribution in [0.25, 0.3) is 3.58 Å². The number of ether oxygens (including phenoxy) is 1. The molecule has 0 atom stereocenters. The minimum atomic E-state index is -0.274. The van der Waals surface area contributed by atoms with Gasteiger partial charge in [-0.1, -0.05) is 12.1 Å². The second-order valence-corrected chi connectivity index (χ2v) is 4.28. The molecule has 1 aromatic carbocycles. The molecular formula is C11H9IO2. The van der Waals surface area contributed by atoms with Gasteiger partial charge in [-0.2, -0.15) is 0 Å². The molecule has 1 aliphatic carbocycles. The fraction of sp³-hybridized carbons (Fsp3) is 0.182. The van der Waals surface area contributed by atoms with Crippen molar-refractivity contribution < 1.29 is 9.53 Å². The van der Waals surface area contributed by atoms with Crippen LogP contribution in [0.4, 0.5) is 0 Å². The van der Waals surface area contributed by atoms with Gasteiger partial charge < -0.3 is 4.74 Å². The Morgan fingerprint density at radius 3 is 3.00 bits per heavy atom. The molecule has 3 heteroatoms. The molecule has 0 heterocycles. The van der Waals surface area contributed by atoms with Gasteiger partial charge in [0.1, 0.15) is 0 Å². The van der Waals surface area contributed by atoms with Crippen LogP contribution in [0.15, 0.2) is 24.3 Å². The van der Waals surface area contributed by atoms with Gasteiger partial charge in [-0.05, 0) is 52.3 Å². The molecule has 1 aliphatic rings. The Labute approximate surface area is 96.1 Å². The van der Waals surface area contributed by atoms with Crippen LogP contribution >= 0.6 is 22.6 Å². The Hall–Kier alpha value is -0.840. The number of carbonyl (C=O) groups excluding carboxylic acids is 1. The quantitative estimate of drug-likeness (QED) is 0.589. The first-order chi connectivity index (χ1) is 6.72. The molecular weight excluding hydrogens is 291 g/mol. The van der Waals surface area contributed by atoms with Crippen LogP contribution in [-0.2, 0) is 11.2 Å². The van der Waals surface area contributed by atoms with Gasteiger partial charge in [-0.3, -0.25) is 0 Å².